The number of nitrogens with one attached hydrogen (secondary N) is 1. The first kappa shape index (κ1) is 17.0. The van der Waals surface area contributed by atoms with Crippen LogP contribution in [0.4, 0.5) is 0 Å². The van der Waals surface area contributed by atoms with Gasteiger partial charge in [0.2, 0.25) is 17.7 Å². The van der Waals surface area contributed by atoms with Crippen molar-refractivity contribution in [3.63, 3.8) is 0 Å². The standard InChI is InChI=1S/C18H21ClN2O3/c19-13-7-5-12(6-8-13)9-10-20-16(22)11-21-17(23)14-3-1-2-4-15(14)18(21)24/h5-8,14-15H,1-4,9-11H2,(H,20,22)/t14-,15-/m0/s1. The van der Waals surface area contributed by atoms with Gasteiger partial charge in [-0.15, -0.1) is 0 Å². The molecule has 0 unspecified atom stereocenters. The molecule has 2 aliphatic rings. The van der Waals surface area contributed by atoms with Crippen LogP contribution in [0.5, 0.6) is 0 Å². The third-order valence-electron chi connectivity index (χ3n) is 4.88. The van der Waals surface area contributed by atoms with Crippen molar-refractivity contribution in [2.45, 2.75) is 32.1 Å². The Labute approximate surface area is 146 Å². The van der Waals surface area contributed by atoms with Gasteiger partial charge in [-0.05, 0) is 37.0 Å². The normalized spacial score (nSPS) is 23.3. The lowest BCUT2D eigenvalue weighted by molar-refractivity contribution is -0.143. The molecule has 1 aromatic carbocycles. The van der Waals surface area contributed by atoms with Gasteiger partial charge >= 0.3 is 0 Å². The number of benzene rings is 1. The van der Waals surface area contributed by atoms with Crippen LogP contribution in [0.15, 0.2) is 24.3 Å². The van der Waals surface area contributed by atoms with E-state index in [4.69, 9.17) is 11.6 Å². The van der Waals surface area contributed by atoms with E-state index in [1.807, 2.05) is 24.3 Å². The number of imide groups is 1. The zero-order chi connectivity index (χ0) is 17.1. The molecule has 5 nitrogen and oxygen atoms in total. The zero-order valence-corrected chi connectivity index (χ0v) is 14.2. The van der Waals surface area contributed by atoms with Crippen LogP contribution in [-0.4, -0.2) is 35.7 Å². The maximum absolute atomic E-state index is 12.3. The van der Waals surface area contributed by atoms with Gasteiger partial charge in [0.05, 0.1) is 11.8 Å². The van der Waals surface area contributed by atoms with Gasteiger partial charge in [-0.3, -0.25) is 19.3 Å². The number of hydrogen-bond acceptors (Lipinski definition) is 3. The minimum Gasteiger partial charge on any atom is -0.354 e. The van der Waals surface area contributed by atoms with Gasteiger partial charge in [0.1, 0.15) is 6.54 Å². The summed E-state index contributed by atoms with van der Waals surface area (Å²) in [7, 11) is 0. The third kappa shape index (κ3) is 3.61. The Balaban J connectivity index is 1.48. The van der Waals surface area contributed by atoms with Crippen molar-refractivity contribution in [1.29, 1.82) is 0 Å². The molecule has 24 heavy (non-hydrogen) atoms. The van der Waals surface area contributed by atoms with E-state index in [1.165, 1.54) is 0 Å². The van der Waals surface area contributed by atoms with E-state index in [1.54, 1.807) is 0 Å². The fourth-order valence-corrected chi connectivity index (χ4v) is 3.71. The molecule has 3 amide bonds. The molecule has 6 heteroatoms. The molecule has 0 aromatic heterocycles. The molecule has 1 aliphatic carbocycles. The van der Waals surface area contributed by atoms with Crippen molar-refractivity contribution < 1.29 is 14.4 Å². The van der Waals surface area contributed by atoms with Crippen molar-refractivity contribution in [3.05, 3.63) is 34.9 Å². The molecule has 128 valence electrons. The fourth-order valence-electron chi connectivity index (χ4n) is 3.58. The molecule has 1 saturated carbocycles. The van der Waals surface area contributed by atoms with Crippen molar-refractivity contribution in [2.75, 3.05) is 13.1 Å². The fraction of sp³-hybridized carbons (Fsp3) is 0.500. The summed E-state index contributed by atoms with van der Waals surface area (Å²) in [6.07, 6.45) is 4.19. The first-order chi connectivity index (χ1) is 11.6. The highest BCUT2D eigenvalue weighted by Crippen LogP contribution is 2.37. The maximum Gasteiger partial charge on any atom is 0.240 e. The highest BCUT2D eigenvalue weighted by atomic mass is 35.5. The number of fused-ring (bicyclic) bond motifs is 1. The topological polar surface area (TPSA) is 66.5 Å². The predicted molar refractivity (Wildman–Crippen MR) is 90.3 cm³/mol. The lowest BCUT2D eigenvalue weighted by Gasteiger charge is -2.19. The first-order valence-corrected chi connectivity index (χ1v) is 8.80. The van der Waals surface area contributed by atoms with Crippen molar-refractivity contribution in [1.82, 2.24) is 10.2 Å². The largest absolute Gasteiger partial charge is 0.354 e. The van der Waals surface area contributed by atoms with Crippen LogP contribution in [0.3, 0.4) is 0 Å². The summed E-state index contributed by atoms with van der Waals surface area (Å²) in [6.45, 7) is 0.300. The number of carbonyl (C=O) groups excluding carboxylic acids is 3. The van der Waals surface area contributed by atoms with Crippen LogP contribution in [0.1, 0.15) is 31.2 Å². The van der Waals surface area contributed by atoms with Crippen LogP contribution < -0.4 is 5.32 Å². The Morgan fingerprint density at radius 1 is 1.08 bits per heavy atom. The molecule has 0 radical (unpaired) electrons. The monoisotopic (exact) mass is 348 g/mol. The summed E-state index contributed by atoms with van der Waals surface area (Å²) in [4.78, 5) is 37.9. The molecule has 1 saturated heterocycles. The van der Waals surface area contributed by atoms with Gasteiger partial charge in [-0.1, -0.05) is 36.6 Å². The van der Waals surface area contributed by atoms with Crippen molar-refractivity contribution in [2.24, 2.45) is 11.8 Å². The van der Waals surface area contributed by atoms with E-state index in [0.29, 0.717) is 18.0 Å². The van der Waals surface area contributed by atoms with Crippen molar-refractivity contribution in [3.8, 4) is 0 Å². The second kappa shape index (κ2) is 7.34. The van der Waals surface area contributed by atoms with Crippen LogP contribution in [0.2, 0.25) is 5.02 Å². The smallest absolute Gasteiger partial charge is 0.240 e. The van der Waals surface area contributed by atoms with Crippen LogP contribution in [-0.2, 0) is 20.8 Å². The quantitative estimate of drug-likeness (QED) is 0.829. The van der Waals surface area contributed by atoms with Gasteiger partial charge in [-0.2, -0.15) is 0 Å². The summed E-state index contributed by atoms with van der Waals surface area (Å²) in [6, 6.07) is 7.43. The van der Waals surface area contributed by atoms with Gasteiger partial charge in [-0.25, -0.2) is 0 Å². The van der Waals surface area contributed by atoms with E-state index < -0.39 is 0 Å². The highest BCUT2D eigenvalue weighted by Gasteiger charge is 2.48. The molecule has 2 fully saturated rings. The summed E-state index contributed by atoms with van der Waals surface area (Å²) in [5.74, 6) is -1.03. The maximum atomic E-state index is 12.3. The second-order valence-corrected chi connectivity index (χ2v) is 6.92. The summed E-state index contributed by atoms with van der Waals surface area (Å²) >= 11 is 5.83. The Bertz CT molecular complexity index is 620. The first-order valence-electron chi connectivity index (χ1n) is 8.42. The van der Waals surface area contributed by atoms with E-state index in [-0.39, 0.29) is 36.1 Å². The molecule has 0 spiro atoms. The molecule has 1 N–H and O–H groups in total. The van der Waals surface area contributed by atoms with E-state index >= 15 is 0 Å². The molecule has 1 heterocycles. The van der Waals surface area contributed by atoms with Crippen molar-refractivity contribution >= 4 is 29.3 Å². The second-order valence-electron chi connectivity index (χ2n) is 6.49. The van der Waals surface area contributed by atoms with E-state index in [0.717, 1.165) is 36.1 Å². The van der Waals surface area contributed by atoms with Crippen LogP contribution in [0, 0.1) is 11.8 Å². The van der Waals surface area contributed by atoms with Crippen LogP contribution in [0.25, 0.3) is 0 Å². The average Bonchev–Trinajstić information content (AvgIpc) is 2.82. The van der Waals surface area contributed by atoms with Gasteiger partial charge in [0.25, 0.3) is 0 Å². The molecule has 2 atom stereocenters. The number of hydrogen-bond donors (Lipinski definition) is 1. The SMILES string of the molecule is O=C(CN1C(=O)[C@H]2CCCC[C@@H]2C1=O)NCCc1ccc(Cl)cc1. The number of carbonyl (C=O) groups is 3. The number of likely N-dealkylation sites (tertiary alicyclic amines) is 1. The van der Waals surface area contributed by atoms with E-state index in [9.17, 15) is 14.4 Å². The number of rotatable bonds is 5. The summed E-state index contributed by atoms with van der Waals surface area (Å²) in [5, 5.41) is 3.45. The number of nitrogens with zero attached hydrogens (tertiary/aromatic N) is 1. The minimum atomic E-state index is -0.288. The number of halogens is 1. The zero-order valence-electron chi connectivity index (χ0n) is 13.5. The Hall–Kier alpha value is -1.88. The molecule has 1 aliphatic heterocycles. The molecule has 1 aromatic rings. The highest BCUT2D eigenvalue weighted by molar-refractivity contribution is 6.30. The Morgan fingerprint density at radius 2 is 1.67 bits per heavy atom. The third-order valence-corrected chi connectivity index (χ3v) is 5.14. The summed E-state index contributed by atoms with van der Waals surface area (Å²) in [5.41, 5.74) is 1.07. The lowest BCUT2D eigenvalue weighted by atomic mass is 9.81. The predicted octanol–water partition coefficient (Wildman–Crippen LogP) is 2.17. The van der Waals surface area contributed by atoms with Crippen LogP contribution >= 0.6 is 11.6 Å². The minimum absolute atomic E-state index is 0.161. The van der Waals surface area contributed by atoms with Gasteiger partial charge in [0, 0.05) is 11.6 Å². The molecule has 0 bridgehead atoms. The van der Waals surface area contributed by atoms with Gasteiger partial charge in [0.15, 0.2) is 0 Å². The molecule has 3 rings (SSSR count). The number of amides is 3. The van der Waals surface area contributed by atoms with Gasteiger partial charge < -0.3 is 5.32 Å². The van der Waals surface area contributed by atoms with E-state index in [2.05, 4.69) is 5.32 Å². The lowest BCUT2D eigenvalue weighted by Crippen LogP contribution is -2.41. The Kier molecular flexibility index (Phi) is 5.19. The Morgan fingerprint density at radius 3 is 2.25 bits per heavy atom. The summed E-state index contributed by atoms with van der Waals surface area (Å²) < 4.78 is 0. The average molecular weight is 349 g/mol. The molecular formula is C18H21ClN2O3. The molecular weight excluding hydrogens is 328 g/mol.